The number of aromatic nitrogens is 3. The third-order valence-corrected chi connectivity index (χ3v) is 12.5. The molecule has 0 spiro atoms. The van der Waals surface area contributed by atoms with Crippen LogP contribution in [-0.4, -0.2) is 70.2 Å². The maximum Gasteiger partial charge on any atom is 0.296 e. The van der Waals surface area contributed by atoms with E-state index >= 15 is 0 Å². The molecule has 2 aliphatic rings. The number of hydrogen-bond acceptors (Lipinski definition) is 15. The highest BCUT2D eigenvalue weighted by atomic mass is 32.2. The number of hydrogen-bond donors (Lipinski definition) is 7. The zero-order valence-electron chi connectivity index (χ0n) is 29.1. The van der Waals surface area contributed by atoms with Crippen LogP contribution in [0.25, 0.3) is 0 Å². The van der Waals surface area contributed by atoms with Crippen LogP contribution in [0.3, 0.4) is 0 Å². The molecule has 0 fully saturated rings. The zero-order chi connectivity index (χ0) is 40.4. The minimum absolute atomic E-state index is 0.000147. The summed E-state index contributed by atoms with van der Waals surface area (Å²) in [6.07, 6.45) is 7.90. The molecule has 0 bridgehead atoms. The zero-order valence-corrected chi connectivity index (χ0v) is 31.6. The van der Waals surface area contributed by atoms with Gasteiger partial charge in [0.05, 0.1) is 28.2 Å². The van der Waals surface area contributed by atoms with E-state index < -0.39 is 67.7 Å². The molecule has 0 aliphatic heterocycles. The molecule has 18 nitrogen and oxygen atoms in total. The molecule has 55 heavy (non-hydrogen) atoms. The van der Waals surface area contributed by atoms with Crippen molar-refractivity contribution in [2.45, 2.75) is 42.2 Å². The Bertz CT molecular complexity index is 2820. The number of ketones is 2. The molecule has 286 valence electrons. The monoisotopic (exact) mass is 809 g/mol. The van der Waals surface area contributed by atoms with E-state index in [-0.39, 0.29) is 62.3 Å². The average Bonchev–Trinajstić information content (AvgIpc) is 3.28. The highest BCUT2D eigenvalue weighted by Gasteiger charge is 2.37. The molecule has 2 aliphatic carbocycles. The predicted octanol–water partition coefficient (Wildman–Crippen LogP) is 4.20. The number of nitrogens with two attached hydrogens (primary N) is 1. The first-order valence-electron chi connectivity index (χ1n) is 15.8. The summed E-state index contributed by atoms with van der Waals surface area (Å²) < 4.78 is 103. The molecule has 1 unspecified atom stereocenters. The molecule has 0 radical (unpaired) electrons. The van der Waals surface area contributed by atoms with Gasteiger partial charge in [-0.05, 0) is 62.6 Å². The Balaban J connectivity index is 1.47. The van der Waals surface area contributed by atoms with Crippen LogP contribution in [0.15, 0.2) is 82.5 Å². The largest absolute Gasteiger partial charge is 0.397 e. The van der Waals surface area contributed by atoms with Crippen molar-refractivity contribution in [2.24, 2.45) is 0 Å². The van der Waals surface area contributed by atoms with Gasteiger partial charge in [0.1, 0.15) is 20.9 Å². The first-order chi connectivity index (χ1) is 25.5. The van der Waals surface area contributed by atoms with Gasteiger partial charge >= 0.3 is 0 Å². The molecule has 0 saturated carbocycles. The summed E-state index contributed by atoms with van der Waals surface area (Å²) in [5.74, 6) is -1.72. The number of allylic oxidation sites excluding steroid dienone is 3. The molecule has 1 aromatic heterocycles. The molecular weight excluding hydrogens is 779 g/mol. The summed E-state index contributed by atoms with van der Waals surface area (Å²) in [5.41, 5.74) is 4.62. The van der Waals surface area contributed by atoms with Crippen molar-refractivity contribution < 1.29 is 48.5 Å². The van der Waals surface area contributed by atoms with Crippen molar-refractivity contribution in [3.05, 3.63) is 112 Å². The van der Waals surface area contributed by atoms with Gasteiger partial charge in [0, 0.05) is 22.5 Å². The standard InChI is InChI=1S/C34H31N7O11S3/c1-16-27(39-22-14-23(53(44,45)46)26(35)25-24(22)29(42)20-9-5-6-10-21(20)30(25)43)17(2)31(54(47,48)49)18(3)28(16)40-33-37-15-36-32(41-33)38-19-8-7-12-34(4,13-11-19)55(50,51)52/h5-15,39H,35H2,1-4H3,(H,44,45,46)(H,47,48,49)(H,50,51,52)(H2,36,37,38,40,41). The Morgan fingerprint density at radius 3 is 1.87 bits per heavy atom. The van der Waals surface area contributed by atoms with Gasteiger partial charge in [0.2, 0.25) is 11.9 Å². The van der Waals surface area contributed by atoms with Crippen molar-refractivity contribution in [2.75, 3.05) is 21.7 Å². The van der Waals surface area contributed by atoms with Crippen LogP contribution in [0.1, 0.15) is 55.5 Å². The number of anilines is 6. The van der Waals surface area contributed by atoms with E-state index in [9.17, 15) is 48.5 Å². The van der Waals surface area contributed by atoms with E-state index in [1.54, 1.807) is 0 Å². The third kappa shape index (κ3) is 6.99. The molecule has 0 saturated heterocycles. The Morgan fingerprint density at radius 1 is 0.745 bits per heavy atom. The quantitative estimate of drug-likeness (QED) is 0.0810. The van der Waals surface area contributed by atoms with Gasteiger partial charge in [-0.25, -0.2) is 9.97 Å². The molecule has 1 atom stereocenters. The lowest BCUT2D eigenvalue weighted by Crippen LogP contribution is -2.30. The molecule has 3 aromatic carbocycles. The Hall–Kier alpha value is -5.84. The van der Waals surface area contributed by atoms with Crippen molar-refractivity contribution >= 4 is 76.6 Å². The highest BCUT2D eigenvalue weighted by molar-refractivity contribution is 7.87. The normalized spacial score (nSPS) is 16.9. The van der Waals surface area contributed by atoms with E-state index in [0.29, 0.717) is 5.70 Å². The van der Waals surface area contributed by atoms with E-state index in [4.69, 9.17) is 5.73 Å². The predicted molar refractivity (Wildman–Crippen MR) is 201 cm³/mol. The lowest BCUT2D eigenvalue weighted by Gasteiger charge is -2.26. The Labute approximate surface area is 314 Å². The Morgan fingerprint density at radius 2 is 1.31 bits per heavy atom. The van der Waals surface area contributed by atoms with Gasteiger partial charge in [-0.2, -0.15) is 30.2 Å². The molecule has 1 heterocycles. The first-order valence-corrected chi connectivity index (χ1v) is 20.1. The van der Waals surface area contributed by atoms with Crippen LogP contribution in [0, 0.1) is 20.8 Å². The van der Waals surface area contributed by atoms with Crippen molar-refractivity contribution in [3.8, 4) is 0 Å². The second-order valence-corrected chi connectivity index (χ2v) is 17.3. The number of nitrogens with one attached hydrogen (secondary N) is 3. The number of nitrogen functional groups attached to an aromatic ring is 1. The molecule has 4 aromatic rings. The van der Waals surface area contributed by atoms with Crippen molar-refractivity contribution in [3.63, 3.8) is 0 Å². The van der Waals surface area contributed by atoms with Crippen molar-refractivity contribution in [1.29, 1.82) is 0 Å². The number of rotatable bonds is 9. The molecule has 8 N–H and O–H groups in total. The highest BCUT2D eigenvalue weighted by Crippen LogP contribution is 2.44. The summed E-state index contributed by atoms with van der Waals surface area (Å²) in [6.45, 7) is 5.54. The molecule has 21 heteroatoms. The molecule has 0 amide bonds. The first kappa shape index (κ1) is 38.9. The maximum atomic E-state index is 13.9. The van der Waals surface area contributed by atoms with Crippen LogP contribution < -0.4 is 21.7 Å². The van der Waals surface area contributed by atoms with Gasteiger partial charge in [0.25, 0.3) is 30.4 Å². The van der Waals surface area contributed by atoms with Gasteiger partial charge in [-0.15, -0.1) is 0 Å². The smallest absolute Gasteiger partial charge is 0.296 e. The fraction of sp³-hybridized carbons (Fsp3) is 0.147. The minimum atomic E-state index is -5.09. The van der Waals surface area contributed by atoms with Crippen LogP contribution in [-0.2, 0) is 30.4 Å². The summed E-state index contributed by atoms with van der Waals surface area (Å²) >= 11 is 0. The van der Waals surface area contributed by atoms with E-state index in [2.05, 4.69) is 30.9 Å². The molecular formula is C34H31N7O11S3. The minimum Gasteiger partial charge on any atom is -0.397 e. The van der Waals surface area contributed by atoms with E-state index in [1.807, 2.05) is 0 Å². The van der Waals surface area contributed by atoms with Gasteiger partial charge in [-0.3, -0.25) is 23.2 Å². The van der Waals surface area contributed by atoms with Crippen molar-refractivity contribution in [1.82, 2.24) is 15.0 Å². The second kappa shape index (κ2) is 13.5. The van der Waals surface area contributed by atoms with E-state index in [0.717, 1.165) is 12.4 Å². The van der Waals surface area contributed by atoms with Gasteiger partial charge in [-0.1, -0.05) is 42.5 Å². The number of carbonyl (C=O) groups is 2. The topological polar surface area (TPSA) is 298 Å². The van der Waals surface area contributed by atoms with Gasteiger partial charge in [0.15, 0.2) is 11.6 Å². The number of benzene rings is 3. The molecule has 6 rings (SSSR count). The van der Waals surface area contributed by atoms with Crippen LogP contribution >= 0.6 is 0 Å². The van der Waals surface area contributed by atoms with Crippen LogP contribution in [0.4, 0.5) is 34.6 Å². The van der Waals surface area contributed by atoms with E-state index in [1.165, 1.54) is 82.3 Å². The summed E-state index contributed by atoms with van der Waals surface area (Å²) in [5, 5.41) is 8.66. The lowest BCUT2D eigenvalue weighted by atomic mass is 9.82. The summed E-state index contributed by atoms with van der Waals surface area (Å²) in [6, 6.07) is 6.61. The summed E-state index contributed by atoms with van der Waals surface area (Å²) in [7, 11) is -14.6. The second-order valence-electron chi connectivity index (χ2n) is 12.7. The van der Waals surface area contributed by atoms with Gasteiger partial charge < -0.3 is 21.7 Å². The third-order valence-electron chi connectivity index (χ3n) is 9.09. The number of fused-ring (bicyclic) bond motifs is 2. The fourth-order valence-corrected chi connectivity index (χ4v) is 8.44. The van der Waals surface area contributed by atoms with Crippen LogP contribution in [0.2, 0.25) is 0 Å². The lowest BCUT2D eigenvalue weighted by molar-refractivity contribution is 0.0980. The number of nitrogens with zero attached hydrogens (tertiary/aromatic N) is 3. The number of carbonyl (C=O) groups excluding carboxylic acids is 2. The maximum absolute atomic E-state index is 13.9. The fourth-order valence-electron chi connectivity index (χ4n) is 6.32. The average molecular weight is 810 g/mol. The SMILES string of the molecule is Cc1c(Nc2ncnc(NC3=CC=CC(C)(S(=O)(=O)O)C=C3)n2)c(C)c(S(=O)(=O)O)c(C)c1Nc1cc(S(=O)(=O)O)c(N)c2c1C(=O)c1ccccc1C2=O. The Kier molecular flexibility index (Phi) is 9.52. The van der Waals surface area contributed by atoms with Crippen LogP contribution in [0.5, 0.6) is 0 Å². The summed E-state index contributed by atoms with van der Waals surface area (Å²) in [4.78, 5) is 38.6.